The van der Waals surface area contributed by atoms with Gasteiger partial charge in [0.25, 0.3) is 0 Å². The first kappa shape index (κ1) is 43.0. The lowest BCUT2D eigenvalue weighted by atomic mass is 9.81. The van der Waals surface area contributed by atoms with Gasteiger partial charge in [-0.2, -0.15) is 0 Å². The van der Waals surface area contributed by atoms with Crippen molar-refractivity contribution < 1.29 is 29.7 Å². The SMILES string of the molecule is Cc1cc(=O)c(O)c(CNC(=O)CCC(CCC(=O)NCc2c(O)c(=O)cc(C)n2C)(CCC(=O)NCc2c(O)c(=O)cc(C)n2C)NC(C)(C)C)n1C. The smallest absolute Gasteiger partial charge is 0.223 e. The predicted octanol–water partition coefficient (Wildman–Crippen LogP) is 1.54. The van der Waals surface area contributed by atoms with Gasteiger partial charge in [-0.25, -0.2) is 0 Å². The number of aromatic nitrogens is 3. The average molecular weight is 754 g/mol. The molecule has 0 saturated carbocycles. The number of aromatic hydroxyl groups is 3. The molecule has 16 nitrogen and oxygen atoms in total. The molecule has 16 heteroatoms. The number of carbonyl (C=O) groups excluding carboxylic acids is 3. The molecule has 296 valence electrons. The highest BCUT2D eigenvalue weighted by molar-refractivity contribution is 5.77. The van der Waals surface area contributed by atoms with Gasteiger partial charge in [-0.1, -0.05) is 0 Å². The minimum Gasteiger partial charge on any atom is -0.503 e. The normalized spacial score (nSPS) is 11.7. The van der Waals surface area contributed by atoms with Crippen LogP contribution in [0.1, 0.15) is 93.5 Å². The van der Waals surface area contributed by atoms with Crippen LogP contribution in [-0.2, 0) is 55.2 Å². The Morgan fingerprint density at radius 1 is 0.556 bits per heavy atom. The van der Waals surface area contributed by atoms with Crippen LogP contribution < -0.4 is 37.6 Å². The highest BCUT2D eigenvalue weighted by Crippen LogP contribution is 2.29. The maximum absolute atomic E-state index is 13.3. The number of rotatable bonds is 16. The zero-order valence-corrected chi connectivity index (χ0v) is 32.7. The van der Waals surface area contributed by atoms with E-state index in [9.17, 15) is 44.1 Å². The number of nitrogens with one attached hydrogen (secondary N) is 4. The molecule has 3 amide bonds. The van der Waals surface area contributed by atoms with Crippen LogP contribution >= 0.6 is 0 Å². The summed E-state index contributed by atoms with van der Waals surface area (Å²) in [5.74, 6) is -2.52. The standard InChI is InChI=1S/C38H55N7O9/c1-22-16-28(46)34(52)25(43(22)7)19-39-31(49)10-13-38(42-37(4,5)6,14-11-32(50)40-20-26-35(53)29(47)17-23(2)44(26)8)15-12-33(51)41-21-27-36(54)30(48)18-24(3)45(27)9/h16-18,42,52-54H,10-15,19-21H2,1-9H3,(H,39,49)(H,40,50)(H,41,51). The van der Waals surface area contributed by atoms with E-state index in [1.165, 1.54) is 18.2 Å². The second kappa shape index (κ2) is 17.6. The van der Waals surface area contributed by atoms with Crippen molar-refractivity contribution in [1.29, 1.82) is 0 Å². The van der Waals surface area contributed by atoms with Crippen LogP contribution in [0.5, 0.6) is 17.2 Å². The topological polar surface area (TPSA) is 226 Å². The van der Waals surface area contributed by atoms with E-state index < -0.39 is 44.6 Å². The van der Waals surface area contributed by atoms with E-state index in [2.05, 4.69) is 21.3 Å². The molecule has 54 heavy (non-hydrogen) atoms. The summed E-state index contributed by atoms with van der Waals surface area (Å²) < 4.78 is 4.84. The minimum atomic E-state index is -0.945. The van der Waals surface area contributed by atoms with Crippen LogP contribution in [0.4, 0.5) is 0 Å². The van der Waals surface area contributed by atoms with Crippen LogP contribution in [0.25, 0.3) is 0 Å². The molecule has 0 bridgehead atoms. The molecule has 0 spiro atoms. The fourth-order valence-electron chi connectivity index (χ4n) is 6.44. The Balaban J connectivity index is 1.83. The second-order valence-corrected chi connectivity index (χ2v) is 15.0. The largest absolute Gasteiger partial charge is 0.503 e. The van der Waals surface area contributed by atoms with Gasteiger partial charge < -0.3 is 50.3 Å². The zero-order chi connectivity index (χ0) is 40.7. The first-order valence-electron chi connectivity index (χ1n) is 17.8. The van der Waals surface area contributed by atoms with E-state index in [-0.39, 0.29) is 93.0 Å². The zero-order valence-electron chi connectivity index (χ0n) is 32.7. The summed E-state index contributed by atoms with van der Waals surface area (Å²) in [6.07, 6.45) is 0.462. The molecule has 0 radical (unpaired) electrons. The maximum atomic E-state index is 13.3. The van der Waals surface area contributed by atoms with Crippen LogP contribution in [0.15, 0.2) is 32.6 Å². The fourth-order valence-corrected chi connectivity index (χ4v) is 6.44. The van der Waals surface area contributed by atoms with Gasteiger partial charge in [0.15, 0.2) is 17.2 Å². The van der Waals surface area contributed by atoms with Crippen molar-refractivity contribution in [2.45, 2.75) is 111 Å². The van der Waals surface area contributed by atoms with Crippen LogP contribution in [-0.4, -0.2) is 57.8 Å². The third-order valence-corrected chi connectivity index (χ3v) is 9.83. The quantitative estimate of drug-likeness (QED) is 0.112. The molecule has 3 rings (SSSR count). The summed E-state index contributed by atoms with van der Waals surface area (Å²) in [6, 6.07) is 3.90. The molecule has 0 aliphatic rings. The summed E-state index contributed by atoms with van der Waals surface area (Å²) in [5, 5.41) is 43.0. The third-order valence-electron chi connectivity index (χ3n) is 9.83. The van der Waals surface area contributed by atoms with Crippen LogP contribution in [0, 0.1) is 20.8 Å². The Hall–Kier alpha value is -5.38. The Morgan fingerprint density at radius 3 is 1.06 bits per heavy atom. The Bertz CT molecular complexity index is 1850. The third kappa shape index (κ3) is 11.1. The molecule has 0 fully saturated rings. The van der Waals surface area contributed by atoms with Crippen molar-refractivity contribution in [2.24, 2.45) is 21.1 Å². The summed E-state index contributed by atoms with van der Waals surface area (Å²) in [7, 11) is 5.01. The maximum Gasteiger partial charge on any atom is 0.223 e. The van der Waals surface area contributed by atoms with Crippen molar-refractivity contribution in [3.63, 3.8) is 0 Å². The number of hydrogen-bond acceptors (Lipinski definition) is 10. The molecular formula is C38H55N7O9. The van der Waals surface area contributed by atoms with Gasteiger partial charge >= 0.3 is 0 Å². The Labute approximate surface area is 314 Å². The van der Waals surface area contributed by atoms with Crippen molar-refractivity contribution >= 4 is 17.7 Å². The predicted molar refractivity (Wildman–Crippen MR) is 203 cm³/mol. The van der Waals surface area contributed by atoms with Gasteiger partial charge in [-0.3, -0.25) is 28.8 Å². The monoisotopic (exact) mass is 753 g/mol. The summed E-state index contributed by atoms with van der Waals surface area (Å²) in [5.41, 5.74) is -0.602. The van der Waals surface area contributed by atoms with Gasteiger partial charge in [0, 0.05) is 86.8 Å². The summed E-state index contributed by atoms with van der Waals surface area (Å²) in [6.45, 7) is 10.6. The van der Waals surface area contributed by atoms with Crippen LogP contribution in [0.3, 0.4) is 0 Å². The molecular weight excluding hydrogens is 698 g/mol. The number of hydrogen-bond donors (Lipinski definition) is 7. The van der Waals surface area contributed by atoms with E-state index in [0.717, 1.165) is 0 Å². The molecule has 0 atom stereocenters. The lowest BCUT2D eigenvalue weighted by molar-refractivity contribution is -0.122. The molecule has 0 aliphatic heterocycles. The first-order chi connectivity index (χ1) is 25.1. The number of amides is 3. The van der Waals surface area contributed by atoms with Gasteiger partial charge in [-0.15, -0.1) is 0 Å². The Morgan fingerprint density at radius 2 is 0.815 bits per heavy atom. The number of carbonyl (C=O) groups is 3. The average Bonchev–Trinajstić information content (AvgIpc) is 3.09. The summed E-state index contributed by atoms with van der Waals surface area (Å²) in [4.78, 5) is 76.4. The number of nitrogens with zero attached hydrogens (tertiary/aromatic N) is 3. The van der Waals surface area contributed by atoms with Gasteiger partial charge in [0.1, 0.15) is 0 Å². The fraction of sp³-hybridized carbons (Fsp3) is 0.526. The number of aryl methyl sites for hydroxylation is 3. The van der Waals surface area contributed by atoms with E-state index >= 15 is 0 Å². The minimum absolute atomic E-state index is 0.0363. The molecule has 3 aromatic heterocycles. The molecule has 3 heterocycles. The van der Waals surface area contributed by atoms with E-state index in [4.69, 9.17) is 0 Å². The highest BCUT2D eigenvalue weighted by atomic mass is 16.3. The molecule has 0 unspecified atom stereocenters. The Kier molecular flexibility index (Phi) is 14.0. The number of pyridine rings is 3. The molecule has 7 N–H and O–H groups in total. The van der Waals surface area contributed by atoms with Gasteiger partial charge in [0.05, 0.1) is 36.7 Å². The molecule has 3 aromatic rings. The second-order valence-electron chi connectivity index (χ2n) is 15.0. The molecule has 0 aliphatic carbocycles. The van der Waals surface area contributed by atoms with E-state index in [1.807, 2.05) is 20.8 Å². The lowest BCUT2D eigenvalue weighted by Crippen LogP contribution is -2.55. The first-order valence-corrected chi connectivity index (χ1v) is 17.8. The van der Waals surface area contributed by atoms with E-state index in [0.29, 0.717) is 17.1 Å². The highest BCUT2D eigenvalue weighted by Gasteiger charge is 2.35. The van der Waals surface area contributed by atoms with E-state index in [1.54, 1.807) is 55.6 Å². The molecule has 0 aromatic carbocycles. The van der Waals surface area contributed by atoms with Gasteiger partial charge in [-0.05, 0) is 60.8 Å². The molecule has 0 saturated heterocycles. The van der Waals surface area contributed by atoms with Crippen molar-refractivity contribution in [3.05, 3.63) is 83.0 Å². The summed E-state index contributed by atoms with van der Waals surface area (Å²) >= 11 is 0. The van der Waals surface area contributed by atoms with Crippen molar-refractivity contribution in [3.8, 4) is 17.2 Å². The van der Waals surface area contributed by atoms with Crippen molar-refractivity contribution in [2.75, 3.05) is 0 Å². The van der Waals surface area contributed by atoms with Crippen LogP contribution in [0.2, 0.25) is 0 Å². The lowest BCUT2D eigenvalue weighted by Gasteiger charge is -2.41. The van der Waals surface area contributed by atoms with Crippen molar-refractivity contribution in [1.82, 2.24) is 35.0 Å². The van der Waals surface area contributed by atoms with Gasteiger partial charge in [0.2, 0.25) is 34.0 Å².